The van der Waals surface area contributed by atoms with Crippen LogP contribution in [0.4, 0.5) is 0 Å². The zero-order chi connectivity index (χ0) is 25.6. The first kappa shape index (κ1) is 23.6. The van der Waals surface area contributed by atoms with Crippen molar-refractivity contribution in [3.8, 4) is 20.9 Å². The second kappa shape index (κ2) is 9.69. The summed E-state index contributed by atoms with van der Waals surface area (Å²) in [5.74, 6) is 0. The van der Waals surface area contributed by atoms with Crippen molar-refractivity contribution in [2.45, 2.75) is 39.5 Å². The van der Waals surface area contributed by atoms with Crippen LogP contribution in [0.15, 0.2) is 97.1 Å². The van der Waals surface area contributed by atoms with Crippen molar-refractivity contribution in [3.05, 3.63) is 108 Å². The van der Waals surface area contributed by atoms with Gasteiger partial charge in [0.05, 0.1) is 0 Å². The molecule has 0 saturated heterocycles. The lowest BCUT2D eigenvalue weighted by Crippen LogP contribution is -1.88. The summed E-state index contributed by atoms with van der Waals surface area (Å²) in [5.41, 5.74) is 5.70. The van der Waals surface area contributed by atoms with Crippen molar-refractivity contribution in [2.75, 3.05) is 0 Å². The molecular formula is C36H30S2. The summed E-state index contributed by atoms with van der Waals surface area (Å²) in [5, 5.41) is 8.46. The van der Waals surface area contributed by atoms with Crippen molar-refractivity contribution in [3.63, 3.8) is 0 Å². The molecule has 38 heavy (non-hydrogen) atoms. The number of fused-ring (bicyclic) bond motifs is 7. The highest BCUT2D eigenvalue weighted by Crippen LogP contribution is 2.47. The van der Waals surface area contributed by atoms with Gasteiger partial charge in [-0.25, -0.2) is 0 Å². The van der Waals surface area contributed by atoms with Crippen LogP contribution >= 0.6 is 22.7 Å². The largest absolute Gasteiger partial charge is 0.135 e. The Labute approximate surface area is 232 Å². The molecule has 0 fully saturated rings. The van der Waals surface area contributed by atoms with Gasteiger partial charge in [-0.3, -0.25) is 0 Å². The lowest BCUT2D eigenvalue weighted by atomic mass is 9.92. The predicted molar refractivity (Wildman–Crippen MR) is 171 cm³/mol. The van der Waals surface area contributed by atoms with E-state index in [0.29, 0.717) is 0 Å². The molecule has 2 heteroatoms. The minimum atomic E-state index is 1.10. The van der Waals surface area contributed by atoms with Crippen LogP contribution in [0.1, 0.15) is 37.8 Å². The van der Waals surface area contributed by atoms with E-state index in [0.717, 1.165) is 25.7 Å². The van der Waals surface area contributed by atoms with Crippen LogP contribution in [0.3, 0.4) is 0 Å². The van der Waals surface area contributed by atoms with Gasteiger partial charge < -0.3 is 0 Å². The molecule has 0 atom stereocenters. The first-order valence-corrected chi connectivity index (χ1v) is 15.4. The van der Waals surface area contributed by atoms with E-state index < -0.39 is 0 Å². The molecule has 0 aliphatic heterocycles. The van der Waals surface area contributed by atoms with E-state index in [1.54, 1.807) is 0 Å². The molecule has 7 aromatic rings. The maximum atomic E-state index is 2.41. The van der Waals surface area contributed by atoms with Crippen molar-refractivity contribution in [1.29, 1.82) is 0 Å². The third kappa shape index (κ3) is 3.70. The summed E-state index contributed by atoms with van der Waals surface area (Å²) in [7, 11) is 0. The van der Waals surface area contributed by atoms with E-state index >= 15 is 0 Å². The van der Waals surface area contributed by atoms with Crippen molar-refractivity contribution < 1.29 is 0 Å². The fourth-order valence-corrected chi connectivity index (χ4v) is 8.71. The molecule has 5 aromatic carbocycles. The minimum absolute atomic E-state index is 1.10. The fourth-order valence-electron chi connectivity index (χ4n) is 6.17. The molecule has 7 rings (SSSR count). The van der Waals surface area contributed by atoms with Crippen LogP contribution in [0.5, 0.6) is 0 Å². The molecule has 2 aromatic heterocycles. The van der Waals surface area contributed by atoms with E-state index in [-0.39, 0.29) is 0 Å². The average Bonchev–Trinajstić information content (AvgIpc) is 3.53. The van der Waals surface area contributed by atoms with Gasteiger partial charge >= 0.3 is 0 Å². The Balaban J connectivity index is 1.53. The van der Waals surface area contributed by atoms with Gasteiger partial charge in [0.2, 0.25) is 0 Å². The van der Waals surface area contributed by atoms with Crippen LogP contribution in [0.25, 0.3) is 62.6 Å². The third-order valence-corrected chi connectivity index (χ3v) is 10.3. The van der Waals surface area contributed by atoms with Crippen molar-refractivity contribution >= 4 is 64.4 Å². The Bertz CT molecular complexity index is 1780. The Morgan fingerprint density at radius 1 is 0.447 bits per heavy atom. The molecule has 0 aliphatic carbocycles. The summed E-state index contributed by atoms with van der Waals surface area (Å²) < 4.78 is 2.79. The quantitative estimate of drug-likeness (QED) is 0.189. The molecule has 0 nitrogen and oxygen atoms in total. The summed E-state index contributed by atoms with van der Waals surface area (Å²) >= 11 is 3.90. The molecule has 0 unspecified atom stereocenters. The normalized spacial score (nSPS) is 11.8. The molecule has 0 aliphatic rings. The Morgan fingerprint density at radius 2 is 0.842 bits per heavy atom. The standard InChI is InChI=1S/C36H30S2/c1-3-11-29-33-27-17-18-28-26(25(27)19-21-31(33)37-35(29)23-13-7-5-8-14-23)20-22-32-34(28)30(12-4-2)36(38-32)24-15-9-6-10-16-24/h5-10,13-22H,3-4,11-12H2,1-2H3. The van der Waals surface area contributed by atoms with Crippen molar-refractivity contribution in [1.82, 2.24) is 0 Å². The maximum Gasteiger partial charge on any atom is 0.0387 e. The monoisotopic (exact) mass is 526 g/mol. The number of rotatable bonds is 6. The molecule has 0 radical (unpaired) electrons. The van der Waals surface area contributed by atoms with Gasteiger partial charge in [0, 0.05) is 29.9 Å². The minimum Gasteiger partial charge on any atom is -0.135 e. The molecule has 0 saturated carbocycles. The average molecular weight is 527 g/mol. The zero-order valence-electron chi connectivity index (χ0n) is 21.9. The van der Waals surface area contributed by atoms with E-state index in [4.69, 9.17) is 0 Å². The molecule has 0 spiro atoms. The first-order chi connectivity index (χ1) is 18.8. The summed E-state index contributed by atoms with van der Waals surface area (Å²) in [4.78, 5) is 2.86. The molecule has 186 valence electrons. The second-order valence-electron chi connectivity index (χ2n) is 10.2. The number of hydrogen-bond acceptors (Lipinski definition) is 2. The molecular weight excluding hydrogens is 497 g/mol. The van der Waals surface area contributed by atoms with E-state index in [1.165, 1.54) is 73.7 Å². The zero-order valence-corrected chi connectivity index (χ0v) is 23.5. The van der Waals surface area contributed by atoms with Crippen LogP contribution in [0, 0.1) is 0 Å². The topological polar surface area (TPSA) is 0 Å². The van der Waals surface area contributed by atoms with Crippen LogP contribution in [-0.2, 0) is 12.8 Å². The fraction of sp³-hybridized carbons (Fsp3) is 0.167. The van der Waals surface area contributed by atoms with Gasteiger partial charge in [0.15, 0.2) is 0 Å². The van der Waals surface area contributed by atoms with Gasteiger partial charge in [0.1, 0.15) is 0 Å². The van der Waals surface area contributed by atoms with Crippen LogP contribution < -0.4 is 0 Å². The number of hydrogen-bond donors (Lipinski definition) is 0. The highest BCUT2D eigenvalue weighted by atomic mass is 32.1. The third-order valence-electron chi connectivity index (χ3n) is 7.77. The molecule has 0 N–H and O–H groups in total. The Hall–Kier alpha value is -3.46. The van der Waals surface area contributed by atoms with Gasteiger partial charge in [-0.05, 0) is 68.8 Å². The van der Waals surface area contributed by atoms with Gasteiger partial charge in [-0.2, -0.15) is 0 Å². The molecule has 0 bridgehead atoms. The number of benzene rings is 5. The van der Waals surface area contributed by atoms with Gasteiger partial charge in [-0.1, -0.05) is 112 Å². The first-order valence-electron chi connectivity index (χ1n) is 13.7. The number of thiophene rings is 2. The summed E-state index contributed by atoms with van der Waals surface area (Å²) in [6, 6.07) is 36.2. The van der Waals surface area contributed by atoms with E-state index in [2.05, 4.69) is 111 Å². The second-order valence-corrected chi connectivity index (χ2v) is 12.3. The summed E-state index contributed by atoms with van der Waals surface area (Å²) in [6.07, 6.45) is 4.50. The summed E-state index contributed by atoms with van der Waals surface area (Å²) in [6.45, 7) is 4.59. The maximum absolute atomic E-state index is 2.41. The number of aryl methyl sites for hydroxylation is 2. The SMILES string of the molecule is CCCc1c(-c2ccccc2)sc2ccc3c4ccc5sc(-c6ccccc6)c(CCC)c5c4ccc3c12. The highest BCUT2D eigenvalue weighted by molar-refractivity contribution is 7.23. The lowest BCUT2D eigenvalue weighted by Gasteiger charge is -2.10. The lowest BCUT2D eigenvalue weighted by molar-refractivity contribution is 0.935. The highest BCUT2D eigenvalue weighted by Gasteiger charge is 2.19. The smallest absolute Gasteiger partial charge is 0.0387 e. The Morgan fingerprint density at radius 3 is 1.24 bits per heavy atom. The van der Waals surface area contributed by atoms with Crippen molar-refractivity contribution in [2.24, 2.45) is 0 Å². The van der Waals surface area contributed by atoms with E-state index in [9.17, 15) is 0 Å². The van der Waals surface area contributed by atoms with Crippen LogP contribution in [0.2, 0.25) is 0 Å². The van der Waals surface area contributed by atoms with Gasteiger partial charge in [0.25, 0.3) is 0 Å². The van der Waals surface area contributed by atoms with Gasteiger partial charge in [-0.15, -0.1) is 22.7 Å². The van der Waals surface area contributed by atoms with Crippen LogP contribution in [-0.4, -0.2) is 0 Å². The molecule has 0 amide bonds. The molecule has 2 heterocycles. The van der Waals surface area contributed by atoms with E-state index in [1.807, 2.05) is 22.7 Å². The predicted octanol–water partition coefficient (Wildman–Crippen LogP) is 11.7. The Kier molecular flexibility index (Phi) is 6.03.